The number of carbonyl (C=O) groups excluding carboxylic acids is 2. The number of nitrogens with zero attached hydrogens (tertiary/aromatic N) is 1. The molecule has 0 aliphatic carbocycles. The minimum Gasteiger partial charge on any atom is -0.481 e. The Morgan fingerprint density at radius 1 is 1.13 bits per heavy atom. The van der Waals surface area contributed by atoms with Crippen LogP contribution in [0, 0.1) is 5.92 Å². The van der Waals surface area contributed by atoms with Crippen molar-refractivity contribution in [3.05, 3.63) is 0 Å². The molecule has 0 spiro atoms. The SMILES string of the molecule is CCOC(=O)C(CC(=O)O)C[C@@H]1C[C@@H](O[Si](C)(C)C(C)(C)C)CN1C(=O)OC(C)(C)C. The Balaban J connectivity index is 3.10. The van der Waals surface area contributed by atoms with E-state index in [1.54, 1.807) is 32.6 Å². The summed E-state index contributed by atoms with van der Waals surface area (Å²) in [6.45, 7) is 18.4. The summed E-state index contributed by atoms with van der Waals surface area (Å²) in [5, 5.41) is 9.28. The molecule has 1 amide bonds. The molecule has 3 atom stereocenters. The Morgan fingerprint density at radius 2 is 1.71 bits per heavy atom. The van der Waals surface area contributed by atoms with Gasteiger partial charge in [0, 0.05) is 12.6 Å². The Kier molecular flexibility index (Phi) is 9.14. The summed E-state index contributed by atoms with van der Waals surface area (Å²) in [7, 11) is -2.08. The minimum absolute atomic E-state index is 0.0125. The fraction of sp³-hybridized carbons (Fsp3) is 0.864. The van der Waals surface area contributed by atoms with E-state index in [-0.39, 0.29) is 36.6 Å². The maximum absolute atomic E-state index is 12.9. The van der Waals surface area contributed by atoms with Crippen molar-refractivity contribution in [3.8, 4) is 0 Å². The summed E-state index contributed by atoms with van der Waals surface area (Å²) in [6.07, 6.45) is -0.281. The largest absolute Gasteiger partial charge is 0.481 e. The predicted octanol–water partition coefficient (Wildman–Crippen LogP) is 4.43. The first-order valence-electron chi connectivity index (χ1n) is 11.0. The molecule has 180 valence electrons. The lowest BCUT2D eigenvalue weighted by atomic mass is 9.95. The lowest BCUT2D eigenvalue weighted by Gasteiger charge is -2.38. The van der Waals surface area contributed by atoms with Gasteiger partial charge in [-0.25, -0.2) is 4.79 Å². The number of carboxylic acids is 1. The first-order valence-corrected chi connectivity index (χ1v) is 13.9. The summed E-state index contributed by atoms with van der Waals surface area (Å²) >= 11 is 0. The number of hydrogen-bond acceptors (Lipinski definition) is 6. The van der Waals surface area contributed by atoms with Crippen molar-refractivity contribution in [1.82, 2.24) is 4.90 Å². The van der Waals surface area contributed by atoms with E-state index in [0.29, 0.717) is 13.0 Å². The van der Waals surface area contributed by atoms with Crippen LogP contribution in [0.15, 0.2) is 0 Å². The van der Waals surface area contributed by atoms with Crippen LogP contribution >= 0.6 is 0 Å². The normalized spacial score (nSPS) is 21.0. The van der Waals surface area contributed by atoms with Crippen molar-refractivity contribution < 1.29 is 33.4 Å². The van der Waals surface area contributed by atoms with E-state index < -0.39 is 37.9 Å². The molecule has 1 N–H and O–H groups in total. The minimum atomic E-state index is -2.08. The zero-order valence-electron chi connectivity index (χ0n) is 20.6. The molecule has 1 saturated heterocycles. The van der Waals surface area contributed by atoms with Crippen LogP contribution in [-0.2, 0) is 23.5 Å². The summed E-state index contributed by atoms with van der Waals surface area (Å²) in [5.41, 5.74) is -0.665. The third-order valence-electron chi connectivity index (χ3n) is 5.87. The first-order chi connectivity index (χ1) is 14.0. The van der Waals surface area contributed by atoms with Crippen LogP contribution < -0.4 is 0 Å². The molecule has 0 aromatic carbocycles. The van der Waals surface area contributed by atoms with Crippen LogP contribution in [0.2, 0.25) is 18.1 Å². The third-order valence-corrected chi connectivity index (χ3v) is 10.4. The number of carbonyl (C=O) groups is 3. The Labute approximate surface area is 187 Å². The second-order valence-corrected chi connectivity index (χ2v) is 15.6. The van der Waals surface area contributed by atoms with E-state index in [1.165, 1.54) is 0 Å². The lowest BCUT2D eigenvalue weighted by molar-refractivity contribution is -0.153. The zero-order valence-corrected chi connectivity index (χ0v) is 21.6. The molecular weight excluding hydrogens is 418 g/mol. The third kappa shape index (κ3) is 8.44. The topological polar surface area (TPSA) is 102 Å². The fourth-order valence-electron chi connectivity index (χ4n) is 3.38. The van der Waals surface area contributed by atoms with Gasteiger partial charge in [-0.3, -0.25) is 9.59 Å². The molecular formula is C22H41NO7Si. The number of aliphatic carboxylic acids is 1. The van der Waals surface area contributed by atoms with Crippen molar-refractivity contribution >= 4 is 26.3 Å². The molecule has 8 nitrogen and oxygen atoms in total. The predicted molar refractivity (Wildman–Crippen MR) is 120 cm³/mol. The highest BCUT2D eigenvalue weighted by atomic mass is 28.4. The van der Waals surface area contributed by atoms with Crippen LogP contribution in [0.5, 0.6) is 0 Å². The average molecular weight is 460 g/mol. The molecule has 1 aliphatic heterocycles. The van der Waals surface area contributed by atoms with Crippen molar-refractivity contribution in [1.29, 1.82) is 0 Å². The summed E-state index contributed by atoms with van der Waals surface area (Å²) in [6, 6.07) is -0.363. The zero-order chi connectivity index (χ0) is 24.2. The Bertz CT molecular complexity index is 651. The van der Waals surface area contributed by atoms with Crippen LogP contribution in [0.25, 0.3) is 0 Å². The van der Waals surface area contributed by atoms with Gasteiger partial charge < -0.3 is 23.9 Å². The second kappa shape index (κ2) is 10.3. The lowest BCUT2D eigenvalue weighted by Crippen LogP contribution is -2.45. The maximum Gasteiger partial charge on any atom is 0.410 e. The Morgan fingerprint density at radius 3 is 2.16 bits per heavy atom. The van der Waals surface area contributed by atoms with E-state index in [9.17, 15) is 19.5 Å². The average Bonchev–Trinajstić information content (AvgIpc) is 2.93. The van der Waals surface area contributed by atoms with E-state index in [2.05, 4.69) is 33.9 Å². The number of likely N-dealkylation sites (tertiary alicyclic amines) is 1. The first kappa shape index (κ1) is 27.4. The van der Waals surface area contributed by atoms with Gasteiger partial charge in [0.2, 0.25) is 0 Å². The monoisotopic (exact) mass is 459 g/mol. The quantitative estimate of drug-likeness (QED) is 0.423. The molecule has 31 heavy (non-hydrogen) atoms. The second-order valence-electron chi connectivity index (χ2n) is 10.8. The number of esters is 1. The van der Waals surface area contributed by atoms with Gasteiger partial charge in [0.15, 0.2) is 8.32 Å². The van der Waals surface area contributed by atoms with Crippen LogP contribution in [0.4, 0.5) is 4.79 Å². The van der Waals surface area contributed by atoms with Crippen LogP contribution in [0.3, 0.4) is 0 Å². The van der Waals surface area contributed by atoms with Gasteiger partial charge in [-0.2, -0.15) is 0 Å². The van der Waals surface area contributed by atoms with Gasteiger partial charge in [-0.15, -0.1) is 0 Å². The highest BCUT2D eigenvalue weighted by Gasteiger charge is 2.45. The van der Waals surface area contributed by atoms with Gasteiger partial charge in [0.05, 0.1) is 25.0 Å². The Hall–Kier alpha value is -1.61. The standard InChI is InChI=1S/C22H41NO7Si/c1-10-28-19(26)15(12-18(24)25)11-16-13-17(30-31(8,9)22(5,6)7)14-23(16)20(27)29-21(2,3)4/h15-17H,10-14H2,1-9H3,(H,24,25)/t15?,16-,17-/m1/s1. The molecule has 0 bridgehead atoms. The number of rotatable bonds is 8. The maximum atomic E-state index is 12.9. The number of carboxylic acid groups (broad SMARTS) is 1. The van der Waals surface area contributed by atoms with Gasteiger partial charge in [0.1, 0.15) is 5.60 Å². The van der Waals surface area contributed by atoms with E-state index >= 15 is 0 Å². The molecule has 1 heterocycles. The molecule has 1 fully saturated rings. The van der Waals surface area contributed by atoms with Crippen molar-refractivity contribution in [2.24, 2.45) is 5.92 Å². The summed E-state index contributed by atoms with van der Waals surface area (Å²) in [5.74, 6) is -2.46. The van der Waals surface area contributed by atoms with Gasteiger partial charge >= 0.3 is 18.0 Å². The van der Waals surface area contributed by atoms with Gasteiger partial charge in [0.25, 0.3) is 0 Å². The van der Waals surface area contributed by atoms with Crippen LogP contribution in [0.1, 0.15) is 67.7 Å². The van der Waals surface area contributed by atoms with E-state index in [4.69, 9.17) is 13.9 Å². The molecule has 9 heteroatoms. The molecule has 0 radical (unpaired) electrons. The molecule has 1 unspecified atom stereocenters. The van der Waals surface area contributed by atoms with Crippen molar-refractivity contribution in [2.75, 3.05) is 13.2 Å². The number of ether oxygens (including phenoxy) is 2. The highest BCUT2D eigenvalue weighted by Crippen LogP contribution is 2.39. The highest BCUT2D eigenvalue weighted by molar-refractivity contribution is 6.74. The molecule has 0 aromatic heterocycles. The van der Waals surface area contributed by atoms with Crippen molar-refractivity contribution in [2.45, 2.75) is 104 Å². The van der Waals surface area contributed by atoms with E-state index in [0.717, 1.165) is 0 Å². The van der Waals surface area contributed by atoms with Crippen molar-refractivity contribution in [3.63, 3.8) is 0 Å². The smallest absolute Gasteiger partial charge is 0.410 e. The molecule has 0 saturated carbocycles. The molecule has 1 aliphatic rings. The fourth-order valence-corrected chi connectivity index (χ4v) is 4.74. The van der Waals surface area contributed by atoms with Crippen LogP contribution in [-0.4, -0.2) is 67.3 Å². The van der Waals surface area contributed by atoms with Gasteiger partial charge in [-0.05, 0) is 58.7 Å². The number of hydrogen-bond donors (Lipinski definition) is 1. The van der Waals surface area contributed by atoms with Gasteiger partial charge in [-0.1, -0.05) is 20.8 Å². The van der Waals surface area contributed by atoms with E-state index in [1.807, 2.05) is 0 Å². The number of amides is 1. The summed E-state index contributed by atoms with van der Waals surface area (Å²) in [4.78, 5) is 38.2. The molecule has 0 aromatic rings. The summed E-state index contributed by atoms with van der Waals surface area (Å²) < 4.78 is 17.2. The molecule has 1 rings (SSSR count).